The van der Waals surface area contributed by atoms with Gasteiger partial charge in [-0.3, -0.25) is 9.59 Å². The van der Waals surface area contributed by atoms with Crippen LogP contribution >= 0.6 is 0 Å². The number of carbonyl (C=O) groups is 1. The molecule has 1 aliphatic rings. The summed E-state index contributed by atoms with van der Waals surface area (Å²) in [5.41, 5.74) is 3.06. The van der Waals surface area contributed by atoms with Crippen molar-refractivity contribution in [2.24, 2.45) is 0 Å². The maximum Gasteiger partial charge on any atom is 0.248 e. The molecule has 0 atom stereocenters. The minimum atomic E-state index is -0.0521. The van der Waals surface area contributed by atoms with Gasteiger partial charge in [0.1, 0.15) is 0 Å². The predicted octanol–water partition coefficient (Wildman–Crippen LogP) is 3.10. The minimum absolute atomic E-state index is 0.0521. The summed E-state index contributed by atoms with van der Waals surface area (Å²) in [6.07, 6.45) is 1.50. The van der Waals surface area contributed by atoms with E-state index in [-0.39, 0.29) is 11.5 Å². The molecule has 0 bridgehead atoms. The zero-order chi connectivity index (χ0) is 15.4. The number of aromatic nitrogens is 1. The van der Waals surface area contributed by atoms with Crippen molar-refractivity contribution >= 4 is 22.5 Å². The van der Waals surface area contributed by atoms with E-state index in [9.17, 15) is 9.59 Å². The van der Waals surface area contributed by atoms with Gasteiger partial charge in [-0.15, -0.1) is 0 Å². The molecule has 1 aromatic heterocycles. The topological polar surface area (TPSA) is 62.0 Å². The van der Waals surface area contributed by atoms with Crippen LogP contribution in [-0.2, 0) is 11.2 Å². The molecule has 2 heterocycles. The van der Waals surface area contributed by atoms with Gasteiger partial charge in [-0.1, -0.05) is 36.4 Å². The second kappa shape index (κ2) is 6.26. The van der Waals surface area contributed by atoms with Gasteiger partial charge in [0.05, 0.1) is 0 Å². The highest BCUT2D eigenvalue weighted by Crippen LogP contribution is 2.20. The van der Waals surface area contributed by atoms with Crippen LogP contribution in [0, 0.1) is 0 Å². The van der Waals surface area contributed by atoms with Crippen LogP contribution in [0.15, 0.2) is 65.5 Å². The van der Waals surface area contributed by atoms with Gasteiger partial charge < -0.3 is 10.3 Å². The van der Waals surface area contributed by atoms with E-state index in [4.69, 9.17) is 0 Å². The van der Waals surface area contributed by atoms with Crippen LogP contribution < -0.4 is 10.9 Å². The molecule has 110 valence electrons. The first kappa shape index (κ1) is 14.1. The van der Waals surface area contributed by atoms with Crippen molar-refractivity contribution in [3.8, 4) is 0 Å². The van der Waals surface area contributed by atoms with Crippen LogP contribution in [0.4, 0.5) is 5.69 Å². The van der Waals surface area contributed by atoms with Crippen molar-refractivity contribution in [1.82, 2.24) is 4.98 Å². The summed E-state index contributed by atoms with van der Waals surface area (Å²) in [7, 11) is 0. The largest absolute Gasteiger partial charge is 0.326 e. The first-order valence-corrected chi connectivity index (χ1v) is 7.18. The molecule has 4 heteroatoms. The van der Waals surface area contributed by atoms with Crippen LogP contribution in [0.25, 0.3) is 10.9 Å². The van der Waals surface area contributed by atoms with E-state index >= 15 is 0 Å². The van der Waals surface area contributed by atoms with E-state index in [1.165, 1.54) is 11.6 Å². The standard InChI is InChI=1S/C9H9NO.C9H7NO/c2*11-9-6-5-7-3-1-2-4-8(7)10-9/h1-4H,5-6H2,(H,10,11);1-6H,(H,10,11). The molecule has 2 N–H and O–H groups in total. The lowest BCUT2D eigenvalue weighted by Crippen LogP contribution is -2.18. The normalized spacial score (nSPS) is 12.8. The number of aryl methyl sites for hydroxylation is 1. The first-order valence-electron chi connectivity index (χ1n) is 7.18. The fraction of sp³-hybridized carbons (Fsp3) is 0.111. The molecule has 0 saturated carbocycles. The van der Waals surface area contributed by atoms with Gasteiger partial charge in [-0.05, 0) is 35.6 Å². The third-order valence-electron chi connectivity index (χ3n) is 3.55. The number of nitrogens with one attached hydrogen (secondary N) is 2. The number of amides is 1. The number of hydrogen-bond donors (Lipinski definition) is 2. The summed E-state index contributed by atoms with van der Waals surface area (Å²) in [6.45, 7) is 0. The monoisotopic (exact) mass is 292 g/mol. The van der Waals surface area contributed by atoms with E-state index in [0.717, 1.165) is 23.0 Å². The minimum Gasteiger partial charge on any atom is -0.326 e. The molecule has 0 radical (unpaired) electrons. The van der Waals surface area contributed by atoms with Gasteiger partial charge in [0, 0.05) is 23.7 Å². The number of anilines is 1. The van der Waals surface area contributed by atoms with E-state index in [0.29, 0.717) is 6.42 Å². The predicted molar refractivity (Wildman–Crippen MR) is 88.0 cm³/mol. The van der Waals surface area contributed by atoms with Crippen molar-refractivity contribution in [1.29, 1.82) is 0 Å². The Hall–Kier alpha value is -2.88. The van der Waals surface area contributed by atoms with Crippen LogP contribution in [0.1, 0.15) is 12.0 Å². The molecule has 0 aliphatic carbocycles. The van der Waals surface area contributed by atoms with E-state index < -0.39 is 0 Å². The van der Waals surface area contributed by atoms with E-state index in [1.807, 2.05) is 48.5 Å². The van der Waals surface area contributed by atoms with Crippen molar-refractivity contribution in [2.75, 3.05) is 5.32 Å². The first-order chi connectivity index (χ1) is 10.7. The number of H-pyrrole nitrogens is 1. The fourth-order valence-corrected chi connectivity index (χ4v) is 2.42. The second-order valence-corrected chi connectivity index (χ2v) is 5.12. The van der Waals surface area contributed by atoms with Crippen LogP contribution in [0.5, 0.6) is 0 Å². The number of fused-ring (bicyclic) bond motifs is 2. The molecule has 3 aromatic rings. The number of rotatable bonds is 0. The molecule has 4 rings (SSSR count). The summed E-state index contributed by atoms with van der Waals surface area (Å²) in [4.78, 5) is 24.5. The molecule has 1 amide bonds. The van der Waals surface area contributed by atoms with E-state index in [1.54, 1.807) is 0 Å². The Morgan fingerprint density at radius 3 is 2.45 bits per heavy atom. The molecule has 22 heavy (non-hydrogen) atoms. The summed E-state index contributed by atoms with van der Waals surface area (Å²) < 4.78 is 0. The molecular weight excluding hydrogens is 276 g/mol. The van der Waals surface area contributed by atoms with Crippen molar-refractivity contribution in [3.63, 3.8) is 0 Å². The molecule has 2 aromatic carbocycles. The number of para-hydroxylation sites is 2. The van der Waals surface area contributed by atoms with Crippen molar-refractivity contribution < 1.29 is 4.79 Å². The highest BCUT2D eigenvalue weighted by atomic mass is 16.1. The lowest BCUT2D eigenvalue weighted by atomic mass is 10.0. The number of aromatic amines is 1. The summed E-state index contributed by atoms with van der Waals surface area (Å²) in [6, 6.07) is 19.0. The highest BCUT2D eigenvalue weighted by Gasteiger charge is 2.12. The van der Waals surface area contributed by atoms with Crippen LogP contribution in [-0.4, -0.2) is 10.9 Å². The average molecular weight is 292 g/mol. The molecule has 0 saturated heterocycles. The zero-order valence-electron chi connectivity index (χ0n) is 12.0. The Balaban J connectivity index is 0.000000131. The lowest BCUT2D eigenvalue weighted by Gasteiger charge is -2.15. The molecule has 0 fully saturated rings. The lowest BCUT2D eigenvalue weighted by molar-refractivity contribution is -0.116. The number of hydrogen-bond acceptors (Lipinski definition) is 2. The molecule has 1 aliphatic heterocycles. The summed E-state index contributed by atoms with van der Waals surface area (Å²) in [5, 5.41) is 3.88. The Bertz CT molecular complexity index is 868. The van der Waals surface area contributed by atoms with Gasteiger partial charge in [0.25, 0.3) is 0 Å². The van der Waals surface area contributed by atoms with E-state index in [2.05, 4.69) is 16.4 Å². The smallest absolute Gasteiger partial charge is 0.248 e. The molecule has 0 spiro atoms. The SMILES string of the molecule is O=C1CCc2ccccc2N1.O=c1ccc2ccccc2[nH]1. The van der Waals surface area contributed by atoms with Gasteiger partial charge >= 0.3 is 0 Å². The Morgan fingerprint density at radius 2 is 1.55 bits per heavy atom. The third kappa shape index (κ3) is 3.23. The quantitative estimate of drug-likeness (QED) is 0.669. The van der Waals surface area contributed by atoms with Crippen molar-refractivity contribution in [2.45, 2.75) is 12.8 Å². The maximum absolute atomic E-state index is 10.9. The van der Waals surface area contributed by atoms with Crippen LogP contribution in [0.2, 0.25) is 0 Å². The number of carbonyl (C=O) groups excluding carboxylic acids is 1. The van der Waals surface area contributed by atoms with Gasteiger partial charge in [-0.2, -0.15) is 0 Å². The number of pyridine rings is 1. The fourth-order valence-electron chi connectivity index (χ4n) is 2.42. The Labute approximate surface area is 127 Å². The van der Waals surface area contributed by atoms with Crippen LogP contribution in [0.3, 0.4) is 0 Å². The van der Waals surface area contributed by atoms with Crippen molar-refractivity contribution in [3.05, 3.63) is 76.6 Å². The summed E-state index contributed by atoms with van der Waals surface area (Å²) in [5.74, 6) is 0.128. The van der Waals surface area contributed by atoms with Gasteiger partial charge in [0.2, 0.25) is 11.5 Å². The second-order valence-electron chi connectivity index (χ2n) is 5.12. The molecule has 0 unspecified atom stereocenters. The Morgan fingerprint density at radius 1 is 0.773 bits per heavy atom. The van der Waals surface area contributed by atoms with Gasteiger partial charge in [0.15, 0.2) is 0 Å². The average Bonchev–Trinajstić information content (AvgIpc) is 2.55. The maximum atomic E-state index is 10.9. The number of benzene rings is 2. The van der Waals surface area contributed by atoms with Gasteiger partial charge in [-0.25, -0.2) is 0 Å². The zero-order valence-corrected chi connectivity index (χ0v) is 12.0. The Kier molecular flexibility index (Phi) is 4.01. The highest BCUT2D eigenvalue weighted by molar-refractivity contribution is 5.93. The third-order valence-corrected chi connectivity index (χ3v) is 3.55. The molecule has 4 nitrogen and oxygen atoms in total. The molecular formula is C18H16N2O2. The summed E-state index contributed by atoms with van der Waals surface area (Å²) >= 11 is 0.